The van der Waals surface area contributed by atoms with Gasteiger partial charge in [0.05, 0.1) is 13.2 Å². The molecule has 1 saturated heterocycles. The second-order valence-electron chi connectivity index (χ2n) is 7.95. The highest BCUT2D eigenvalue weighted by molar-refractivity contribution is 5.88. The summed E-state index contributed by atoms with van der Waals surface area (Å²) in [7, 11) is 1.50. The van der Waals surface area contributed by atoms with Crippen LogP contribution in [0.2, 0.25) is 0 Å². The summed E-state index contributed by atoms with van der Waals surface area (Å²) in [5, 5.41) is 3.08. The lowest BCUT2D eigenvalue weighted by Crippen LogP contribution is -2.62. The van der Waals surface area contributed by atoms with Crippen molar-refractivity contribution in [3.8, 4) is 11.1 Å². The van der Waals surface area contributed by atoms with Gasteiger partial charge in [0.1, 0.15) is 6.61 Å². The summed E-state index contributed by atoms with van der Waals surface area (Å²) in [5.74, 6) is -0.274. The molecule has 1 aromatic heterocycles. The van der Waals surface area contributed by atoms with Crippen molar-refractivity contribution in [2.45, 2.75) is 30.9 Å². The molecule has 7 heteroatoms. The quantitative estimate of drug-likeness (QED) is 0.755. The van der Waals surface area contributed by atoms with Gasteiger partial charge >= 0.3 is 0 Å². The molecule has 2 aliphatic rings. The lowest BCUT2D eigenvalue weighted by molar-refractivity contribution is -0.167. The number of carbonyl (C=O) groups is 2. The molecule has 30 heavy (non-hydrogen) atoms. The predicted octanol–water partition coefficient (Wildman–Crippen LogP) is 1.81. The minimum atomic E-state index is -1.11. The maximum atomic E-state index is 13.2. The molecule has 0 spiro atoms. The number of methoxy groups -OCH3 is 1. The van der Waals surface area contributed by atoms with Crippen molar-refractivity contribution in [1.29, 1.82) is 0 Å². The number of ether oxygens (including phenoxy) is 2. The molecule has 4 rings (SSSR count). The number of pyridine rings is 1. The van der Waals surface area contributed by atoms with E-state index in [1.54, 1.807) is 17.3 Å². The Balaban J connectivity index is 1.60. The molecule has 2 amide bonds. The van der Waals surface area contributed by atoms with E-state index < -0.39 is 5.60 Å². The van der Waals surface area contributed by atoms with E-state index in [0.717, 1.165) is 29.5 Å². The Hall–Kier alpha value is -2.77. The number of rotatable bonds is 7. The molecule has 0 radical (unpaired) electrons. The van der Waals surface area contributed by atoms with Crippen molar-refractivity contribution in [2.24, 2.45) is 0 Å². The molecule has 158 valence electrons. The number of carbonyl (C=O) groups excluding carboxylic acids is 2. The number of amides is 2. The zero-order chi connectivity index (χ0) is 21.0. The van der Waals surface area contributed by atoms with E-state index in [4.69, 9.17) is 9.47 Å². The molecule has 1 aliphatic heterocycles. The van der Waals surface area contributed by atoms with E-state index in [-0.39, 0.29) is 31.0 Å². The number of aromatic nitrogens is 1. The monoisotopic (exact) mass is 409 g/mol. The number of nitrogens with one attached hydrogen (secondary N) is 1. The Morgan fingerprint density at radius 3 is 2.77 bits per heavy atom. The van der Waals surface area contributed by atoms with Crippen molar-refractivity contribution in [1.82, 2.24) is 15.2 Å². The number of hydrogen-bond donors (Lipinski definition) is 1. The normalized spacial score (nSPS) is 21.3. The molecule has 1 N–H and O–H groups in total. The van der Waals surface area contributed by atoms with Crippen LogP contribution in [0.1, 0.15) is 18.4 Å². The molecule has 2 aromatic rings. The van der Waals surface area contributed by atoms with E-state index in [9.17, 15) is 9.59 Å². The van der Waals surface area contributed by atoms with Crippen LogP contribution in [0.3, 0.4) is 0 Å². The van der Waals surface area contributed by atoms with Crippen LogP contribution in [-0.4, -0.2) is 66.8 Å². The van der Waals surface area contributed by atoms with Crippen LogP contribution in [-0.2, 0) is 25.5 Å². The fourth-order valence-corrected chi connectivity index (χ4v) is 3.82. The minimum absolute atomic E-state index is 0.00213. The van der Waals surface area contributed by atoms with Gasteiger partial charge in [0.2, 0.25) is 5.91 Å². The van der Waals surface area contributed by atoms with Crippen LogP contribution < -0.4 is 5.32 Å². The molecular formula is C23H27N3O4. The van der Waals surface area contributed by atoms with Crippen molar-refractivity contribution in [3.63, 3.8) is 0 Å². The smallest absolute Gasteiger partial charge is 0.254 e. The summed E-state index contributed by atoms with van der Waals surface area (Å²) in [6.45, 7) is 0.986. The topological polar surface area (TPSA) is 80.8 Å². The summed E-state index contributed by atoms with van der Waals surface area (Å²) in [6, 6.07) is 12.2. The zero-order valence-electron chi connectivity index (χ0n) is 17.2. The first-order valence-electron chi connectivity index (χ1n) is 10.3. The van der Waals surface area contributed by atoms with Gasteiger partial charge in [0.25, 0.3) is 5.91 Å². The largest absolute Gasteiger partial charge is 0.375 e. The van der Waals surface area contributed by atoms with Gasteiger partial charge in [0.15, 0.2) is 5.60 Å². The fourth-order valence-electron chi connectivity index (χ4n) is 3.82. The van der Waals surface area contributed by atoms with Crippen LogP contribution >= 0.6 is 0 Å². The standard InChI is InChI=1S/C23H27N3O4/c1-29-15-21(27)26-11-12-30-23(16-26,22(28)25-20-5-6-20)14-17-3-2-4-19(13-17)18-7-9-24-10-8-18/h2-4,7-10,13,20H,5-6,11-12,14-16H2,1H3,(H,25,28). The molecule has 1 aromatic carbocycles. The van der Waals surface area contributed by atoms with Gasteiger partial charge in [0, 0.05) is 38.5 Å². The highest BCUT2D eigenvalue weighted by atomic mass is 16.5. The Morgan fingerprint density at radius 2 is 2.03 bits per heavy atom. The van der Waals surface area contributed by atoms with Gasteiger partial charge in [-0.3, -0.25) is 14.6 Å². The first-order valence-corrected chi connectivity index (χ1v) is 10.3. The Labute approximate surface area is 176 Å². The lowest BCUT2D eigenvalue weighted by Gasteiger charge is -2.41. The van der Waals surface area contributed by atoms with E-state index in [2.05, 4.69) is 16.4 Å². The van der Waals surface area contributed by atoms with Crippen LogP contribution in [0.4, 0.5) is 0 Å². The van der Waals surface area contributed by atoms with E-state index in [0.29, 0.717) is 19.6 Å². The van der Waals surface area contributed by atoms with E-state index >= 15 is 0 Å². The highest BCUT2D eigenvalue weighted by Crippen LogP contribution is 2.29. The van der Waals surface area contributed by atoms with Crippen LogP contribution in [0.25, 0.3) is 11.1 Å². The van der Waals surface area contributed by atoms with Gasteiger partial charge < -0.3 is 19.7 Å². The molecular weight excluding hydrogens is 382 g/mol. The summed E-state index contributed by atoms with van der Waals surface area (Å²) in [6.07, 6.45) is 5.89. The van der Waals surface area contributed by atoms with Gasteiger partial charge in [-0.2, -0.15) is 0 Å². The minimum Gasteiger partial charge on any atom is -0.375 e. The van der Waals surface area contributed by atoms with Gasteiger partial charge in [-0.05, 0) is 41.7 Å². The first-order chi connectivity index (χ1) is 14.6. The Kier molecular flexibility index (Phi) is 6.11. The number of nitrogens with zero attached hydrogens (tertiary/aromatic N) is 2. The molecule has 2 heterocycles. The fraction of sp³-hybridized carbons (Fsp3) is 0.435. The van der Waals surface area contributed by atoms with Crippen molar-refractivity contribution in [3.05, 3.63) is 54.4 Å². The molecule has 7 nitrogen and oxygen atoms in total. The summed E-state index contributed by atoms with van der Waals surface area (Å²) < 4.78 is 11.1. The summed E-state index contributed by atoms with van der Waals surface area (Å²) in [4.78, 5) is 31.4. The van der Waals surface area contributed by atoms with E-state index in [1.165, 1.54) is 7.11 Å². The average Bonchev–Trinajstić information content (AvgIpc) is 3.59. The maximum absolute atomic E-state index is 13.2. The van der Waals surface area contributed by atoms with Crippen molar-refractivity contribution < 1.29 is 19.1 Å². The summed E-state index contributed by atoms with van der Waals surface area (Å²) >= 11 is 0. The Bertz CT molecular complexity index is 900. The van der Waals surface area contributed by atoms with Crippen molar-refractivity contribution in [2.75, 3.05) is 33.4 Å². The third kappa shape index (κ3) is 4.68. The second kappa shape index (κ2) is 8.93. The maximum Gasteiger partial charge on any atom is 0.254 e. The molecule has 1 unspecified atom stereocenters. The average molecular weight is 409 g/mol. The summed E-state index contributed by atoms with van der Waals surface area (Å²) in [5.41, 5.74) is 1.98. The third-order valence-corrected chi connectivity index (χ3v) is 5.56. The number of morpholine rings is 1. The number of benzene rings is 1. The molecule has 1 aliphatic carbocycles. The third-order valence-electron chi connectivity index (χ3n) is 5.56. The first kappa shape index (κ1) is 20.5. The molecule has 0 bridgehead atoms. The Morgan fingerprint density at radius 1 is 1.23 bits per heavy atom. The number of hydrogen-bond acceptors (Lipinski definition) is 5. The molecule has 2 fully saturated rings. The molecule has 1 saturated carbocycles. The van der Waals surface area contributed by atoms with Crippen LogP contribution in [0.15, 0.2) is 48.8 Å². The van der Waals surface area contributed by atoms with E-state index in [1.807, 2.05) is 30.3 Å². The van der Waals surface area contributed by atoms with Gasteiger partial charge in [-0.25, -0.2) is 0 Å². The second-order valence-corrected chi connectivity index (χ2v) is 7.95. The van der Waals surface area contributed by atoms with Crippen LogP contribution in [0, 0.1) is 0 Å². The zero-order valence-corrected chi connectivity index (χ0v) is 17.2. The SMILES string of the molecule is COCC(=O)N1CCOC(Cc2cccc(-c3ccncc3)c2)(C(=O)NC2CC2)C1. The predicted molar refractivity (Wildman–Crippen MR) is 112 cm³/mol. The van der Waals surface area contributed by atoms with Gasteiger partial charge in [-0.1, -0.05) is 24.3 Å². The van der Waals surface area contributed by atoms with Gasteiger partial charge in [-0.15, -0.1) is 0 Å². The highest BCUT2D eigenvalue weighted by Gasteiger charge is 2.46. The molecule has 1 atom stereocenters. The van der Waals surface area contributed by atoms with Crippen LogP contribution in [0.5, 0.6) is 0 Å². The lowest BCUT2D eigenvalue weighted by atomic mass is 9.89. The van der Waals surface area contributed by atoms with Crippen molar-refractivity contribution >= 4 is 11.8 Å².